The van der Waals surface area contributed by atoms with E-state index >= 15 is 0 Å². The van der Waals surface area contributed by atoms with Crippen LogP contribution in [-0.4, -0.2) is 34.7 Å². The zero-order chi connectivity index (χ0) is 19.0. The predicted octanol–water partition coefficient (Wildman–Crippen LogP) is 1.85. The van der Waals surface area contributed by atoms with E-state index in [1.807, 2.05) is 18.2 Å². The quantitative estimate of drug-likeness (QED) is 0.764. The summed E-state index contributed by atoms with van der Waals surface area (Å²) in [6.07, 6.45) is 1.62. The van der Waals surface area contributed by atoms with Crippen molar-refractivity contribution in [3.63, 3.8) is 0 Å². The standard InChI is InChI=1S/C19H20N2O5S/c1-21-16-6-5-15(10-14(16)11-19(21)22)27(23,24)20-8-2-3-13-4-7-17-18(9-13)26-12-25-17/h4-7,9-10,20H,2-3,8,11-12H2,1H3. The lowest BCUT2D eigenvalue weighted by Gasteiger charge is -2.11. The van der Waals surface area contributed by atoms with Gasteiger partial charge in [0.1, 0.15) is 0 Å². The number of nitrogens with one attached hydrogen (secondary N) is 1. The largest absolute Gasteiger partial charge is 0.454 e. The molecule has 27 heavy (non-hydrogen) atoms. The first-order valence-corrected chi connectivity index (χ1v) is 10.2. The number of nitrogens with zero attached hydrogens (tertiary/aromatic N) is 1. The van der Waals surface area contributed by atoms with Crippen molar-refractivity contribution in [3.05, 3.63) is 47.5 Å². The summed E-state index contributed by atoms with van der Waals surface area (Å²) in [6.45, 7) is 0.563. The zero-order valence-electron chi connectivity index (χ0n) is 14.9. The highest BCUT2D eigenvalue weighted by atomic mass is 32.2. The third kappa shape index (κ3) is 3.50. The van der Waals surface area contributed by atoms with Crippen LogP contribution in [0, 0.1) is 0 Å². The summed E-state index contributed by atoms with van der Waals surface area (Å²) in [5.41, 5.74) is 2.57. The van der Waals surface area contributed by atoms with Gasteiger partial charge in [-0.05, 0) is 54.3 Å². The number of aryl methyl sites for hydroxylation is 1. The first-order chi connectivity index (χ1) is 12.9. The Morgan fingerprint density at radius 2 is 1.93 bits per heavy atom. The lowest BCUT2D eigenvalue weighted by Crippen LogP contribution is -2.25. The van der Waals surface area contributed by atoms with Crippen molar-refractivity contribution in [3.8, 4) is 11.5 Å². The molecule has 0 aromatic heterocycles. The molecule has 2 heterocycles. The summed E-state index contributed by atoms with van der Waals surface area (Å²) in [6, 6.07) is 10.5. The first-order valence-electron chi connectivity index (χ1n) is 8.72. The minimum Gasteiger partial charge on any atom is -0.454 e. The molecule has 0 atom stereocenters. The number of hydrogen-bond acceptors (Lipinski definition) is 5. The highest BCUT2D eigenvalue weighted by Gasteiger charge is 2.26. The van der Waals surface area contributed by atoms with Gasteiger partial charge in [0.2, 0.25) is 22.7 Å². The Bertz CT molecular complexity index is 1000. The molecule has 2 aliphatic rings. The molecule has 7 nitrogen and oxygen atoms in total. The maximum absolute atomic E-state index is 12.5. The van der Waals surface area contributed by atoms with Crippen molar-refractivity contribution in [2.75, 3.05) is 25.3 Å². The summed E-state index contributed by atoms with van der Waals surface area (Å²) in [7, 11) is -1.91. The maximum Gasteiger partial charge on any atom is 0.240 e. The molecule has 2 aromatic rings. The molecular formula is C19H20N2O5S. The van der Waals surface area contributed by atoms with Gasteiger partial charge in [-0.1, -0.05) is 6.07 Å². The van der Waals surface area contributed by atoms with Crippen molar-refractivity contribution in [1.82, 2.24) is 4.72 Å². The SMILES string of the molecule is CN1C(=O)Cc2cc(S(=O)(=O)NCCCc3ccc4c(c3)OCO4)ccc21. The second-order valence-electron chi connectivity index (χ2n) is 6.61. The summed E-state index contributed by atoms with van der Waals surface area (Å²) < 4.78 is 38.3. The number of anilines is 1. The van der Waals surface area contributed by atoms with E-state index in [0.29, 0.717) is 13.0 Å². The zero-order valence-corrected chi connectivity index (χ0v) is 15.7. The van der Waals surface area contributed by atoms with Gasteiger partial charge in [0, 0.05) is 19.3 Å². The van der Waals surface area contributed by atoms with Gasteiger partial charge in [-0.2, -0.15) is 0 Å². The molecule has 2 aliphatic heterocycles. The molecular weight excluding hydrogens is 368 g/mol. The summed E-state index contributed by atoms with van der Waals surface area (Å²) in [4.78, 5) is 13.5. The van der Waals surface area contributed by atoms with E-state index < -0.39 is 10.0 Å². The minimum atomic E-state index is -3.61. The van der Waals surface area contributed by atoms with Gasteiger partial charge in [0.15, 0.2) is 11.5 Å². The van der Waals surface area contributed by atoms with E-state index in [0.717, 1.165) is 34.7 Å². The fourth-order valence-electron chi connectivity index (χ4n) is 3.29. The smallest absolute Gasteiger partial charge is 0.240 e. The van der Waals surface area contributed by atoms with Gasteiger partial charge in [0.25, 0.3) is 0 Å². The van der Waals surface area contributed by atoms with Gasteiger partial charge >= 0.3 is 0 Å². The van der Waals surface area contributed by atoms with Crippen molar-refractivity contribution in [2.24, 2.45) is 0 Å². The van der Waals surface area contributed by atoms with E-state index in [1.54, 1.807) is 24.1 Å². The van der Waals surface area contributed by atoms with Gasteiger partial charge in [-0.3, -0.25) is 4.79 Å². The number of ether oxygens (including phenoxy) is 2. The Hall–Kier alpha value is -2.58. The average Bonchev–Trinajstić information content (AvgIpc) is 3.22. The molecule has 0 saturated carbocycles. The fraction of sp³-hybridized carbons (Fsp3) is 0.316. The molecule has 1 N–H and O–H groups in total. The number of amides is 1. The monoisotopic (exact) mass is 388 g/mol. The number of fused-ring (bicyclic) bond motifs is 2. The molecule has 0 aliphatic carbocycles. The third-order valence-corrected chi connectivity index (χ3v) is 6.27. The summed E-state index contributed by atoms with van der Waals surface area (Å²) in [5.74, 6) is 1.43. The molecule has 142 valence electrons. The third-order valence-electron chi connectivity index (χ3n) is 4.81. The van der Waals surface area contributed by atoms with Crippen LogP contribution in [0.1, 0.15) is 17.5 Å². The number of hydrogen-bond donors (Lipinski definition) is 1. The second kappa shape index (κ2) is 6.86. The lowest BCUT2D eigenvalue weighted by atomic mass is 10.1. The topological polar surface area (TPSA) is 84.9 Å². The molecule has 0 radical (unpaired) electrons. The van der Waals surface area contributed by atoms with Crippen molar-refractivity contribution >= 4 is 21.6 Å². The highest BCUT2D eigenvalue weighted by Crippen LogP contribution is 2.33. The number of benzene rings is 2. The Morgan fingerprint density at radius 3 is 2.78 bits per heavy atom. The van der Waals surface area contributed by atoms with Crippen LogP contribution in [0.3, 0.4) is 0 Å². The number of rotatable bonds is 6. The van der Waals surface area contributed by atoms with E-state index in [-0.39, 0.29) is 24.0 Å². The number of carbonyl (C=O) groups excluding carboxylic acids is 1. The van der Waals surface area contributed by atoms with Gasteiger partial charge in [-0.25, -0.2) is 13.1 Å². The Kier molecular flexibility index (Phi) is 4.53. The Labute approximate surface area is 157 Å². The maximum atomic E-state index is 12.5. The Balaban J connectivity index is 1.35. The molecule has 8 heteroatoms. The second-order valence-corrected chi connectivity index (χ2v) is 8.38. The van der Waals surface area contributed by atoms with Crippen LogP contribution in [-0.2, 0) is 27.7 Å². The molecule has 0 unspecified atom stereocenters. The van der Waals surface area contributed by atoms with Crippen LogP contribution in [0.25, 0.3) is 0 Å². The molecule has 0 bridgehead atoms. The lowest BCUT2D eigenvalue weighted by molar-refractivity contribution is -0.117. The van der Waals surface area contributed by atoms with Crippen LogP contribution in [0.2, 0.25) is 0 Å². The van der Waals surface area contributed by atoms with Crippen molar-refractivity contribution < 1.29 is 22.7 Å². The molecule has 0 fully saturated rings. The van der Waals surface area contributed by atoms with Crippen molar-refractivity contribution in [2.45, 2.75) is 24.2 Å². The van der Waals surface area contributed by atoms with Crippen molar-refractivity contribution in [1.29, 1.82) is 0 Å². The first kappa shape index (κ1) is 17.8. The van der Waals surface area contributed by atoms with Gasteiger partial charge in [-0.15, -0.1) is 0 Å². The number of likely N-dealkylation sites (N-methyl/N-ethyl adjacent to an activating group) is 1. The molecule has 1 amide bonds. The number of carbonyl (C=O) groups is 1. The summed E-state index contributed by atoms with van der Waals surface area (Å²) >= 11 is 0. The number of sulfonamides is 1. The summed E-state index contributed by atoms with van der Waals surface area (Å²) in [5, 5.41) is 0. The van der Waals surface area contributed by atoms with E-state index in [4.69, 9.17) is 9.47 Å². The van der Waals surface area contributed by atoms with E-state index in [2.05, 4.69) is 4.72 Å². The van der Waals surface area contributed by atoms with Gasteiger partial charge in [0.05, 0.1) is 11.3 Å². The Morgan fingerprint density at radius 1 is 1.11 bits per heavy atom. The molecule has 2 aromatic carbocycles. The molecule has 4 rings (SSSR count). The fourth-order valence-corrected chi connectivity index (χ4v) is 4.42. The van der Waals surface area contributed by atoms with Crippen LogP contribution in [0.4, 0.5) is 5.69 Å². The van der Waals surface area contributed by atoms with Gasteiger partial charge < -0.3 is 14.4 Å². The van der Waals surface area contributed by atoms with Crippen LogP contribution in [0.5, 0.6) is 11.5 Å². The van der Waals surface area contributed by atoms with Crippen LogP contribution in [0.15, 0.2) is 41.3 Å². The van der Waals surface area contributed by atoms with E-state index in [1.165, 1.54) is 6.07 Å². The van der Waals surface area contributed by atoms with E-state index in [9.17, 15) is 13.2 Å². The average molecular weight is 388 g/mol. The molecule has 0 spiro atoms. The highest BCUT2D eigenvalue weighted by molar-refractivity contribution is 7.89. The predicted molar refractivity (Wildman–Crippen MR) is 99.6 cm³/mol. The van der Waals surface area contributed by atoms with Crippen LogP contribution < -0.4 is 19.1 Å². The normalized spacial score (nSPS) is 15.3. The molecule has 0 saturated heterocycles. The van der Waals surface area contributed by atoms with Crippen LogP contribution >= 0.6 is 0 Å². The minimum absolute atomic E-state index is 0.0313.